The molecule has 1 aromatic rings. The summed E-state index contributed by atoms with van der Waals surface area (Å²) in [5.41, 5.74) is 2.80. The summed E-state index contributed by atoms with van der Waals surface area (Å²) in [6, 6.07) is 12.7. The van der Waals surface area contributed by atoms with E-state index in [1.54, 1.807) is 0 Å². The van der Waals surface area contributed by atoms with Crippen molar-refractivity contribution in [2.75, 3.05) is 0 Å². The number of unbranched alkanes of at least 4 members (excludes halogenated alkanes) is 1. The van der Waals surface area contributed by atoms with Crippen LogP contribution in [0.4, 0.5) is 0 Å². The van der Waals surface area contributed by atoms with Crippen LogP contribution < -0.4 is 0 Å². The molecule has 0 atom stereocenters. The highest BCUT2D eigenvalue weighted by atomic mass is 14.2. The minimum Gasteiger partial charge on any atom is -0.198 e. The van der Waals surface area contributed by atoms with Gasteiger partial charge in [-0.25, -0.2) is 0 Å². The molecule has 0 aliphatic rings. The van der Waals surface area contributed by atoms with Crippen LogP contribution in [0.15, 0.2) is 42.0 Å². The maximum atomic E-state index is 8.43. The summed E-state index contributed by atoms with van der Waals surface area (Å²) >= 11 is 0. The SMILES string of the molecule is C/C(=C\CCc1ccccc1)CCCC#N. The number of hydrogen-bond acceptors (Lipinski definition) is 1. The Morgan fingerprint density at radius 1 is 1.31 bits per heavy atom. The van der Waals surface area contributed by atoms with E-state index in [0.29, 0.717) is 6.42 Å². The van der Waals surface area contributed by atoms with Crippen molar-refractivity contribution in [2.45, 2.75) is 39.0 Å². The van der Waals surface area contributed by atoms with Gasteiger partial charge in [-0.1, -0.05) is 42.0 Å². The van der Waals surface area contributed by atoms with E-state index in [0.717, 1.165) is 25.7 Å². The first-order chi connectivity index (χ1) is 7.83. The van der Waals surface area contributed by atoms with Crippen LogP contribution in [0.25, 0.3) is 0 Å². The minimum absolute atomic E-state index is 0.671. The van der Waals surface area contributed by atoms with Gasteiger partial charge in [-0.2, -0.15) is 5.26 Å². The Bertz CT molecular complexity index is 357. The van der Waals surface area contributed by atoms with Crippen molar-refractivity contribution in [1.29, 1.82) is 5.26 Å². The van der Waals surface area contributed by atoms with E-state index in [-0.39, 0.29) is 0 Å². The van der Waals surface area contributed by atoms with Crippen LogP contribution in [0.2, 0.25) is 0 Å². The van der Waals surface area contributed by atoms with Gasteiger partial charge in [0, 0.05) is 6.42 Å². The van der Waals surface area contributed by atoms with Crippen LogP contribution in [0.5, 0.6) is 0 Å². The number of allylic oxidation sites excluding steroid dienone is 2. The van der Waals surface area contributed by atoms with E-state index >= 15 is 0 Å². The Hall–Kier alpha value is -1.55. The third kappa shape index (κ3) is 5.36. The first-order valence-corrected chi connectivity index (χ1v) is 5.89. The van der Waals surface area contributed by atoms with Gasteiger partial charge >= 0.3 is 0 Å². The van der Waals surface area contributed by atoms with E-state index in [1.165, 1.54) is 11.1 Å². The predicted octanol–water partition coefficient (Wildman–Crippen LogP) is 4.26. The average molecular weight is 213 g/mol. The van der Waals surface area contributed by atoms with Gasteiger partial charge in [-0.3, -0.25) is 0 Å². The molecule has 16 heavy (non-hydrogen) atoms. The lowest BCUT2D eigenvalue weighted by Crippen LogP contribution is -1.84. The molecule has 0 N–H and O–H groups in total. The molecule has 0 aromatic heterocycles. The van der Waals surface area contributed by atoms with Gasteiger partial charge in [0.2, 0.25) is 0 Å². The summed E-state index contributed by atoms with van der Waals surface area (Å²) in [4.78, 5) is 0. The van der Waals surface area contributed by atoms with Crippen LogP contribution in [-0.4, -0.2) is 0 Å². The molecule has 0 saturated heterocycles. The second-order valence-corrected chi connectivity index (χ2v) is 4.09. The standard InChI is InChI=1S/C15H19N/c1-14(8-5-6-13-16)9-7-12-15-10-3-2-4-11-15/h2-4,9-11H,5-8,12H2,1H3/b14-9+. The molecule has 0 saturated carbocycles. The molecule has 0 heterocycles. The molecule has 0 aliphatic carbocycles. The molecule has 1 rings (SSSR count). The third-order valence-electron chi connectivity index (χ3n) is 2.63. The predicted molar refractivity (Wildman–Crippen MR) is 68.0 cm³/mol. The molecule has 84 valence electrons. The summed E-state index contributed by atoms with van der Waals surface area (Å²) in [7, 11) is 0. The Morgan fingerprint density at radius 2 is 2.06 bits per heavy atom. The number of nitriles is 1. The van der Waals surface area contributed by atoms with Gasteiger partial charge in [-0.05, 0) is 38.2 Å². The summed E-state index contributed by atoms with van der Waals surface area (Å²) in [5.74, 6) is 0. The fraction of sp³-hybridized carbons (Fsp3) is 0.400. The molecule has 0 amide bonds. The zero-order valence-electron chi connectivity index (χ0n) is 9.95. The van der Waals surface area contributed by atoms with Crippen LogP contribution >= 0.6 is 0 Å². The second-order valence-electron chi connectivity index (χ2n) is 4.09. The van der Waals surface area contributed by atoms with Gasteiger partial charge in [0.05, 0.1) is 6.07 Å². The lowest BCUT2D eigenvalue weighted by molar-refractivity contribution is 0.829. The Kier molecular flexibility index (Phi) is 6.03. The fourth-order valence-corrected chi connectivity index (χ4v) is 1.68. The first kappa shape index (κ1) is 12.5. The topological polar surface area (TPSA) is 23.8 Å². The second kappa shape index (κ2) is 7.70. The molecular weight excluding hydrogens is 194 g/mol. The molecule has 0 spiro atoms. The van der Waals surface area contributed by atoms with Gasteiger partial charge in [0.15, 0.2) is 0 Å². The molecule has 1 heteroatoms. The van der Waals surface area contributed by atoms with Crippen molar-refractivity contribution in [1.82, 2.24) is 0 Å². The van der Waals surface area contributed by atoms with Gasteiger partial charge in [0.1, 0.15) is 0 Å². The van der Waals surface area contributed by atoms with Crippen LogP contribution in [0.1, 0.15) is 38.2 Å². The lowest BCUT2D eigenvalue weighted by atomic mass is 10.1. The zero-order valence-corrected chi connectivity index (χ0v) is 9.95. The molecule has 0 fully saturated rings. The highest BCUT2D eigenvalue weighted by molar-refractivity contribution is 5.15. The molecular formula is C15H19N. The number of benzene rings is 1. The van der Waals surface area contributed by atoms with Gasteiger partial charge < -0.3 is 0 Å². The zero-order chi connectivity index (χ0) is 11.6. The summed E-state index contributed by atoms with van der Waals surface area (Å²) < 4.78 is 0. The van der Waals surface area contributed by atoms with Crippen LogP contribution in [0, 0.1) is 11.3 Å². The van der Waals surface area contributed by atoms with Crippen molar-refractivity contribution in [3.05, 3.63) is 47.5 Å². The average Bonchev–Trinajstić information content (AvgIpc) is 2.31. The monoisotopic (exact) mass is 213 g/mol. The molecule has 0 unspecified atom stereocenters. The minimum atomic E-state index is 0.671. The maximum Gasteiger partial charge on any atom is 0.0621 e. The quantitative estimate of drug-likeness (QED) is 0.511. The summed E-state index contributed by atoms with van der Waals surface area (Å²) in [5, 5.41) is 8.43. The summed E-state index contributed by atoms with van der Waals surface area (Å²) in [6.45, 7) is 2.16. The third-order valence-corrected chi connectivity index (χ3v) is 2.63. The fourth-order valence-electron chi connectivity index (χ4n) is 1.68. The maximum absolute atomic E-state index is 8.43. The molecule has 0 radical (unpaired) electrons. The van der Waals surface area contributed by atoms with Crippen molar-refractivity contribution in [2.24, 2.45) is 0 Å². The normalized spacial score (nSPS) is 11.1. The van der Waals surface area contributed by atoms with Gasteiger partial charge in [-0.15, -0.1) is 0 Å². The Balaban J connectivity index is 2.23. The molecule has 0 bridgehead atoms. The molecule has 1 nitrogen and oxygen atoms in total. The van der Waals surface area contributed by atoms with Crippen molar-refractivity contribution >= 4 is 0 Å². The largest absolute Gasteiger partial charge is 0.198 e. The van der Waals surface area contributed by atoms with Crippen LogP contribution in [-0.2, 0) is 6.42 Å². The summed E-state index contributed by atoms with van der Waals surface area (Å²) in [6.07, 6.45) is 7.22. The highest BCUT2D eigenvalue weighted by Gasteiger charge is 1.92. The Morgan fingerprint density at radius 3 is 2.75 bits per heavy atom. The lowest BCUT2D eigenvalue weighted by Gasteiger charge is -2.00. The number of nitrogens with zero attached hydrogens (tertiary/aromatic N) is 1. The van der Waals surface area contributed by atoms with Crippen molar-refractivity contribution in [3.8, 4) is 6.07 Å². The highest BCUT2D eigenvalue weighted by Crippen LogP contribution is 2.09. The first-order valence-electron chi connectivity index (χ1n) is 5.89. The number of aryl methyl sites for hydroxylation is 1. The van der Waals surface area contributed by atoms with Crippen LogP contribution in [0.3, 0.4) is 0 Å². The van der Waals surface area contributed by atoms with Crippen molar-refractivity contribution in [3.63, 3.8) is 0 Å². The molecule has 1 aromatic carbocycles. The molecule has 0 aliphatic heterocycles. The van der Waals surface area contributed by atoms with E-state index in [4.69, 9.17) is 5.26 Å². The Labute approximate surface area is 98.4 Å². The number of rotatable bonds is 6. The van der Waals surface area contributed by atoms with Crippen molar-refractivity contribution < 1.29 is 0 Å². The number of hydrogen-bond donors (Lipinski definition) is 0. The van der Waals surface area contributed by atoms with E-state index in [1.807, 2.05) is 6.07 Å². The smallest absolute Gasteiger partial charge is 0.0621 e. The van der Waals surface area contributed by atoms with Gasteiger partial charge in [0.25, 0.3) is 0 Å². The van der Waals surface area contributed by atoms with E-state index in [2.05, 4.69) is 43.3 Å². The van der Waals surface area contributed by atoms with E-state index < -0.39 is 0 Å². The van der Waals surface area contributed by atoms with E-state index in [9.17, 15) is 0 Å².